The predicted molar refractivity (Wildman–Crippen MR) is 43.5 cm³/mol. The molecule has 0 spiro atoms. The van der Waals surface area contributed by atoms with Crippen LogP contribution in [0.4, 0.5) is 8.78 Å². The summed E-state index contributed by atoms with van der Waals surface area (Å²) in [5, 5.41) is 0. The Kier molecular flexibility index (Phi) is 2.66. The average Bonchev–Trinajstić information content (AvgIpc) is 2.01. The summed E-state index contributed by atoms with van der Waals surface area (Å²) >= 11 is 2.96. The molecule has 0 bridgehead atoms. The molecule has 0 heterocycles. The lowest BCUT2D eigenvalue weighted by Crippen LogP contribution is -1.89. The minimum absolute atomic E-state index is 0.0800. The molecule has 1 aromatic carbocycles. The molecule has 0 aromatic heterocycles. The van der Waals surface area contributed by atoms with Crippen molar-refractivity contribution in [1.82, 2.24) is 0 Å². The van der Waals surface area contributed by atoms with E-state index >= 15 is 0 Å². The second-order valence-corrected chi connectivity index (χ2v) is 2.77. The molecule has 0 atom stereocenters. The Bertz CT molecular complexity index is 344. The van der Waals surface area contributed by atoms with Crippen LogP contribution >= 0.6 is 15.9 Å². The first-order valence-corrected chi connectivity index (χ1v) is 3.71. The molecule has 0 amide bonds. The molecule has 1 nitrogen and oxygen atoms in total. The third-order valence-corrected chi connectivity index (χ3v) is 1.76. The van der Waals surface area contributed by atoms with Gasteiger partial charge in [-0.15, -0.1) is 0 Å². The van der Waals surface area contributed by atoms with Gasteiger partial charge in [0.15, 0.2) is 17.4 Å². The van der Waals surface area contributed by atoms with Crippen molar-refractivity contribution in [2.24, 2.45) is 0 Å². The highest BCUT2D eigenvalue weighted by Gasteiger charge is 2.08. The van der Waals surface area contributed by atoms with Gasteiger partial charge in [0, 0.05) is 6.07 Å². The van der Waals surface area contributed by atoms with E-state index < -0.39 is 11.6 Å². The maximum atomic E-state index is 12.5. The Morgan fingerprint density at radius 1 is 1.33 bits per heavy atom. The van der Waals surface area contributed by atoms with E-state index in [0.29, 0.717) is 0 Å². The van der Waals surface area contributed by atoms with Crippen LogP contribution in [0.2, 0.25) is 0 Å². The highest BCUT2D eigenvalue weighted by Crippen LogP contribution is 2.27. The quantitative estimate of drug-likeness (QED) is 0.535. The molecule has 1 rings (SSSR count). The van der Waals surface area contributed by atoms with E-state index in [0.717, 1.165) is 12.1 Å². The van der Waals surface area contributed by atoms with E-state index in [1.807, 2.05) is 6.11 Å². The number of hydrogen-bond donors (Lipinski definition) is 0. The molecule has 0 aliphatic heterocycles. The van der Waals surface area contributed by atoms with Crippen LogP contribution in [0, 0.1) is 24.2 Å². The molecular formula is C8H3BrF2O. The van der Waals surface area contributed by atoms with Crippen molar-refractivity contribution < 1.29 is 13.5 Å². The van der Waals surface area contributed by atoms with Gasteiger partial charge in [-0.2, -0.15) is 0 Å². The summed E-state index contributed by atoms with van der Waals surface area (Å²) in [6.45, 7) is 0. The third kappa shape index (κ3) is 1.74. The lowest BCUT2D eigenvalue weighted by Gasteiger charge is -2.00. The van der Waals surface area contributed by atoms with Crippen LogP contribution in [-0.4, -0.2) is 0 Å². The molecular weight excluding hydrogens is 230 g/mol. The summed E-state index contributed by atoms with van der Waals surface area (Å²) in [5.41, 5.74) is 0. The van der Waals surface area contributed by atoms with Crippen molar-refractivity contribution >= 4 is 15.9 Å². The minimum Gasteiger partial charge on any atom is -0.407 e. The van der Waals surface area contributed by atoms with E-state index in [1.165, 1.54) is 0 Å². The summed E-state index contributed by atoms with van der Waals surface area (Å²) < 4.78 is 29.8. The van der Waals surface area contributed by atoms with E-state index in [2.05, 4.69) is 20.7 Å². The van der Waals surface area contributed by atoms with Crippen LogP contribution in [0.5, 0.6) is 5.75 Å². The smallest absolute Gasteiger partial charge is 0.162 e. The molecule has 1 aromatic rings. The first kappa shape index (κ1) is 9.01. The van der Waals surface area contributed by atoms with Crippen molar-refractivity contribution in [2.75, 3.05) is 0 Å². The second-order valence-electron chi connectivity index (χ2n) is 1.92. The van der Waals surface area contributed by atoms with Crippen molar-refractivity contribution in [2.45, 2.75) is 0 Å². The summed E-state index contributed by atoms with van der Waals surface area (Å²) in [6, 6.07) is 1.82. The van der Waals surface area contributed by atoms with Crippen LogP contribution in [0.3, 0.4) is 0 Å². The van der Waals surface area contributed by atoms with Crippen molar-refractivity contribution in [3.05, 3.63) is 28.2 Å². The first-order chi connectivity index (χ1) is 5.65. The van der Waals surface area contributed by atoms with Crippen LogP contribution in [-0.2, 0) is 0 Å². The molecule has 4 heteroatoms. The second kappa shape index (κ2) is 3.55. The molecule has 0 unspecified atom stereocenters. The van der Waals surface area contributed by atoms with Gasteiger partial charge in [0.1, 0.15) is 6.11 Å². The van der Waals surface area contributed by atoms with Crippen LogP contribution in [0.25, 0.3) is 0 Å². The number of benzene rings is 1. The Labute approximate surface area is 76.5 Å². The van der Waals surface area contributed by atoms with Crippen molar-refractivity contribution in [1.29, 1.82) is 0 Å². The van der Waals surface area contributed by atoms with E-state index in [-0.39, 0.29) is 10.2 Å². The number of rotatable bonds is 1. The summed E-state index contributed by atoms with van der Waals surface area (Å²) in [5.74, 6) is -1.87. The summed E-state index contributed by atoms with van der Waals surface area (Å²) in [6.07, 6.45) is 6.66. The van der Waals surface area contributed by atoms with Gasteiger partial charge in [0.25, 0.3) is 0 Å². The fraction of sp³-hybridized carbons (Fsp3) is 0. The molecule has 0 aliphatic rings. The van der Waals surface area contributed by atoms with Gasteiger partial charge in [-0.05, 0) is 22.0 Å². The highest BCUT2D eigenvalue weighted by molar-refractivity contribution is 9.10. The van der Waals surface area contributed by atoms with E-state index in [1.54, 1.807) is 0 Å². The van der Waals surface area contributed by atoms with Crippen LogP contribution in [0.15, 0.2) is 16.6 Å². The standard InChI is InChI=1S/C8H3BrF2O/c1-2-12-8-4-7(11)6(10)3-5(8)9/h1,3-4H. The fourth-order valence-electron chi connectivity index (χ4n) is 0.646. The van der Waals surface area contributed by atoms with Crippen LogP contribution < -0.4 is 4.74 Å². The molecule has 0 saturated carbocycles. The predicted octanol–water partition coefficient (Wildman–Crippen LogP) is 2.70. The SMILES string of the molecule is C#COc1cc(F)c(F)cc1Br. The zero-order valence-corrected chi connectivity index (χ0v) is 7.36. The van der Waals surface area contributed by atoms with E-state index in [4.69, 9.17) is 6.42 Å². The molecule has 0 radical (unpaired) electrons. The number of hydrogen-bond acceptors (Lipinski definition) is 1. The average molecular weight is 233 g/mol. The fourth-order valence-corrected chi connectivity index (χ4v) is 1.04. The minimum atomic E-state index is -0.997. The van der Waals surface area contributed by atoms with Crippen molar-refractivity contribution in [3.63, 3.8) is 0 Å². The van der Waals surface area contributed by atoms with Gasteiger partial charge in [-0.25, -0.2) is 8.78 Å². The Balaban J connectivity index is 3.16. The highest BCUT2D eigenvalue weighted by atomic mass is 79.9. The number of halogens is 3. The van der Waals surface area contributed by atoms with Crippen LogP contribution in [0.1, 0.15) is 0 Å². The Morgan fingerprint density at radius 3 is 2.50 bits per heavy atom. The van der Waals surface area contributed by atoms with Gasteiger partial charge in [0.05, 0.1) is 4.47 Å². The van der Waals surface area contributed by atoms with Gasteiger partial charge in [0.2, 0.25) is 0 Å². The maximum absolute atomic E-state index is 12.5. The molecule has 0 aliphatic carbocycles. The largest absolute Gasteiger partial charge is 0.407 e. The van der Waals surface area contributed by atoms with Gasteiger partial charge < -0.3 is 4.74 Å². The number of ether oxygens (including phenoxy) is 1. The molecule has 12 heavy (non-hydrogen) atoms. The van der Waals surface area contributed by atoms with E-state index in [9.17, 15) is 8.78 Å². The Morgan fingerprint density at radius 2 is 1.92 bits per heavy atom. The monoisotopic (exact) mass is 232 g/mol. The van der Waals surface area contributed by atoms with Gasteiger partial charge in [-0.1, -0.05) is 6.42 Å². The molecule has 0 saturated heterocycles. The van der Waals surface area contributed by atoms with Gasteiger partial charge >= 0.3 is 0 Å². The summed E-state index contributed by atoms with van der Waals surface area (Å²) in [7, 11) is 0. The third-order valence-electron chi connectivity index (χ3n) is 1.14. The lowest BCUT2D eigenvalue weighted by atomic mass is 10.3. The zero-order chi connectivity index (χ0) is 9.14. The summed E-state index contributed by atoms with van der Waals surface area (Å²) in [4.78, 5) is 0. The lowest BCUT2D eigenvalue weighted by molar-refractivity contribution is 0.478. The van der Waals surface area contributed by atoms with Gasteiger partial charge in [-0.3, -0.25) is 0 Å². The Hall–Kier alpha value is -1.08. The molecule has 0 N–H and O–H groups in total. The van der Waals surface area contributed by atoms with Crippen molar-refractivity contribution in [3.8, 4) is 18.3 Å². The first-order valence-electron chi connectivity index (χ1n) is 2.92. The zero-order valence-electron chi connectivity index (χ0n) is 5.77. The molecule has 62 valence electrons. The molecule has 0 fully saturated rings. The number of terminal acetylenes is 1. The maximum Gasteiger partial charge on any atom is 0.162 e. The topological polar surface area (TPSA) is 9.23 Å². The normalized spacial score (nSPS) is 9.17.